The van der Waals surface area contributed by atoms with Crippen LogP contribution in [0.4, 0.5) is 0 Å². The average Bonchev–Trinajstić information content (AvgIpc) is 2.63. The van der Waals surface area contributed by atoms with Gasteiger partial charge in [0.05, 0.1) is 6.61 Å². The minimum atomic E-state index is -2.00. The summed E-state index contributed by atoms with van der Waals surface area (Å²) in [5.41, 5.74) is -1.10. The number of rotatable bonds is 3. The third-order valence-corrected chi connectivity index (χ3v) is 3.14. The lowest BCUT2D eigenvalue weighted by atomic mass is 9.94. The molecule has 4 atom stereocenters. The van der Waals surface area contributed by atoms with Crippen molar-refractivity contribution >= 4 is 0 Å². The highest BCUT2D eigenvalue weighted by molar-refractivity contribution is 5.13. The SMILES string of the molecule is C=C=CC1(O)C(O)[C@@H](CO)O[C@H]1n1ccc(=O)[nH]c1=O. The molecular weight excluding hydrogens is 268 g/mol. The Balaban J connectivity index is 2.56. The molecule has 0 aliphatic carbocycles. The topological polar surface area (TPSA) is 125 Å². The molecule has 1 aliphatic heterocycles. The molecule has 2 rings (SSSR count). The van der Waals surface area contributed by atoms with Crippen LogP contribution >= 0.6 is 0 Å². The zero-order valence-electron chi connectivity index (χ0n) is 10.4. The molecule has 1 aromatic heterocycles. The molecule has 4 N–H and O–H groups in total. The molecule has 8 nitrogen and oxygen atoms in total. The van der Waals surface area contributed by atoms with E-state index in [-0.39, 0.29) is 0 Å². The van der Waals surface area contributed by atoms with E-state index >= 15 is 0 Å². The molecule has 108 valence electrons. The number of ether oxygens (including phenoxy) is 1. The fourth-order valence-corrected chi connectivity index (χ4v) is 2.16. The molecule has 0 radical (unpaired) electrons. The molecule has 2 heterocycles. The van der Waals surface area contributed by atoms with Gasteiger partial charge in [-0.05, 0) is 6.08 Å². The quantitative estimate of drug-likeness (QED) is 0.469. The molecule has 0 amide bonds. The van der Waals surface area contributed by atoms with Gasteiger partial charge in [-0.2, -0.15) is 0 Å². The van der Waals surface area contributed by atoms with Crippen molar-refractivity contribution in [3.05, 3.63) is 51.5 Å². The number of aromatic amines is 1. The average molecular weight is 282 g/mol. The molecule has 1 fully saturated rings. The van der Waals surface area contributed by atoms with Gasteiger partial charge < -0.3 is 20.1 Å². The number of aliphatic hydroxyl groups is 3. The van der Waals surface area contributed by atoms with Crippen molar-refractivity contribution in [3.63, 3.8) is 0 Å². The first-order valence-electron chi connectivity index (χ1n) is 5.79. The van der Waals surface area contributed by atoms with Gasteiger partial charge in [0.1, 0.15) is 12.2 Å². The predicted molar refractivity (Wildman–Crippen MR) is 67.0 cm³/mol. The fraction of sp³-hybridized carbons (Fsp3) is 0.417. The number of aliphatic hydroxyl groups excluding tert-OH is 2. The van der Waals surface area contributed by atoms with Gasteiger partial charge in [-0.25, -0.2) is 4.79 Å². The lowest BCUT2D eigenvalue weighted by molar-refractivity contribution is -0.0814. The van der Waals surface area contributed by atoms with E-state index in [0.29, 0.717) is 0 Å². The maximum absolute atomic E-state index is 11.7. The summed E-state index contributed by atoms with van der Waals surface area (Å²) in [6, 6.07) is 1.07. The zero-order chi connectivity index (χ0) is 14.9. The van der Waals surface area contributed by atoms with E-state index in [0.717, 1.165) is 22.9 Å². The van der Waals surface area contributed by atoms with Gasteiger partial charge in [-0.1, -0.05) is 6.58 Å². The second-order valence-electron chi connectivity index (χ2n) is 4.41. The summed E-state index contributed by atoms with van der Waals surface area (Å²) in [5, 5.41) is 29.6. The van der Waals surface area contributed by atoms with Crippen LogP contribution in [0.25, 0.3) is 0 Å². The Morgan fingerprint density at radius 1 is 1.60 bits per heavy atom. The highest BCUT2D eigenvalue weighted by atomic mass is 16.6. The second-order valence-corrected chi connectivity index (χ2v) is 4.41. The number of hydrogen-bond acceptors (Lipinski definition) is 6. The van der Waals surface area contributed by atoms with E-state index in [4.69, 9.17) is 9.84 Å². The van der Waals surface area contributed by atoms with Crippen molar-refractivity contribution < 1.29 is 20.1 Å². The van der Waals surface area contributed by atoms with E-state index in [1.54, 1.807) is 0 Å². The van der Waals surface area contributed by atoms with Gasteiger partial charge in [0.15, 0.2) is 11.8 Å². The Labute approximate surface area is 112 Å². The molecule has 0 spiro atoms. The maximum Gasteiger partial charge on any atom is 0.330 e. The zero-order valence-corrected chi connectivity index (χ0v) is 10.4. The summed E-state index contributed by atoms with van der Waals surface area (Å²) in [6.45, 7) is 2.75. The van der Waals surface area contributed by atoms with Crippen molar-refractivity contribution in [2.24, 2.45) is 0 Å². The van der Waals surface area contributed by atoms with Crippen molar-refractivity contribution in [2.45, 2.75) is 24.0 Å². The summed E-state index contributed by atoms with van der Waals surface area (Å²) in [7, 11) is 0. The summed E-state index contributed by atoms with van der Waals surface area (Å²) < 4.78 is 6.20. The molecule has 8 heteroatoms. The number of hydrogen-bond donors (Lipinski definition) is 4. The molecule has 1 aromatic rings. The van der Waals surface area contributed by atoms with Gasteiger partial charge in [0, 0.05) is 12.3 Å². The summed E-state index contributed by atoms with van der Waals surface area (Å²) in [6.07, 6.45) is -1.72. The number of nitrogens with one attached hydrogen (secondary N) is 1. The van der Waals surface area contributed by atoms with Crippen molar-refractivity contribution in [1.29, 1.82) is 0 Å². The van der Waals surface area contributed by atoms with E-state index in [9.17, 15) is 19.8 Å². The fourth-order valence-electron chi connectivity index (χ4n) is 2.16. The van der Waals surface area contributed by atoms with E-state index in [1.807, 2.05) is 4.98 Å². The first-order valence-corrected chi connectivity index (χ1v) is 5.79. The number of aromatic nitrogens is 2. The molecule has 0 aromatic carbocycles. The molecule has 1 aliphatic rings. The summed E-state index contributed by atoms with van der Waals surface area (Å²) in [4.78, 5) is 24.8. The third kappa shape index (κ3) is 2.15. The number of nitrogens with zero attached hydrogens (tertiary/aromatic N) is 1. The number of H-pyrrole nitrogens is 1. The van der Waals surface area contributed by atoms with Crippen molar-refractivity contribution in [3.8, 4) is 0 Å². The summed E-state index contributed by atoms with van der Waals surface area (Å²) in [5.74, 6) is 0. The molecule has 1 saturated heterocycles. The predicted octanol–water partition coefficient (Wildman–Crippen LogP) is -2.14. The van der Waals surface area contributed by atoms with Crippen LogP contribution in [0.2, 0.25) is 0 Å². The standard InChI is InChI=1S/C12H14N2O6/c1-2-4-12(19)9(17)7(6-15)20-10(12)14-5-3-8(16)13-11(14)18/h3-5,7,9-10,15,17,19H,1,6H2,(H,13,16,18)/t7-,9?,10-,12?/m1/s1. The van der Waals surface area contributed by atoms with E-state index in [1.165, 1.54) is 0 Å². The minimum absolute atomic E-state index is 0.553. The van der Waals surface area contributed by atoms with Crippen LogP contribution < -0.4 is 11.2 Å². The molecule has 20 heavy (non-hydrogen) atoms. The van der Waals surface area contributed by atoms with Crippen LogP contribution in [0.5, 0.6) is 0 Å². The van der Waals surface area contributed by atoms with Crippen LogP contribution in [-0.4, -0.2) is 49.3 Å². The Bertz CT molecular complexity index is 658. The Kier molecular flexibility index (Phi) is 3.76. The van der Waals surface area contributed by atoms with Gasteiger partial charge in [-0.3, -0.25) is 14.3 Å². The Hall–Kier alpha value is -1.96. The van der Waals surface area contributed by atoms with E-state index < -0.39 is 41.9 Å². The molecule has 0 saturated carbocycles. The highest BCUT2D eigenvalue weighted by Crippen LogP contribution is 2.38. The van der Waals surface area contributed by atoms with Gasteiger partial charge in [0.2, 0.25) is 0 Å². The van der Waals surface area contributed by atoms with Crippen molar-refractivity contribution in [2.75, 3.05) is 6.61 Å². The molecule has 2 unspecified atom stereocenters. The maximum atomic E-state index is 11.7. The van der Waals surface area contributed by atoms with Crippen molar-refractivity contribution in [1.82, 2.24) is 9.55 Å². The van der Waals surface area contributed by atoms with Gasteiger partial charge in [-0.15, -0.1) is 5.73 Å². The Morgan fingerprint density at radius 2 is 2.30 bits per heavy atom. The van der Waals surface area contributed by atoms with Crippen LogP contribution in [-0.2, 0) is 4.74 Å². The summed E-state index contributed by atoms with van der Waals surface area (Å²) >= 11 is 0. The lowest BCUT2D eigenvalue weighted by Gasteiger charge is -2.27. The van der Waals surface area contributed by atoms with Crippen LogP contribution in [0, 0.1) is 0 Å². The molecular formula is C12H14N2O6. The minimum Gasteiger partial charge on any atom is -0.394 e. The van der Waals surface area contributed by atoms with Crippen LogP contribution in [0.1, 0.15) is 6.23 Å². The van der Waals surface area contributed by atoms with E-state index in [2.05, 4.69) is 12.3 Å². The van der Waals surface area contributed by atoms with Crippen LogP contribution in [0.15, 0.2) is 40.2 Å². The highest BCUT2D eigenvalue weighted by Gasteiger charge is 2.55. The van der Waals surface area contributed by atoms with Crippen LogP contribution in [0.3, 0.4) is 0 Å². The first-order chi connectivity index (χ1) is 9.43. The smallest absolute Gasteiger partial charge is 0.330 e. The lowest BCUT2D eigenvalue weighted by Crippen LogP contribution is -2.47. The normalized spacial score (nSPS) is 32.9. The van der Waals surface area contributed by atoms with Gasteiger partial charge >= 0.3 is 5.69 Å². The third-order valence-electron chi connectivity index (χ3n) is 3.14. The van der Waals surface area contributed by atoms with Gasteiger partial charge in [0.25, 0.3) is 5.56 Å². The largest absolute Gasteiger partial charge is 0.394 e. The Morgan fingerprint density at radius 3 is 2.85 bits per heavy atom. The first kappa shape index (κ1) is 14.4. The molecule has 0 bridgehead atoms. The monoisotopic (exact) mass is 282 g/mol. The second kappa shape index (κ2) is 5.20.